The monoisotopic (exact) mass is 259 g/mol. The van der Waals surface area contributed by atoms with E-state index in [2.05, 4.69) is 10.2 Å². The first-order valence-corrected chi connectivity index (χ1v) is 5.87. The van der Waals surface area contributed by atoms with Gasteiger partial charge < -0.3 is 5.11 Å². The lowest BCUT2D eigenvalue weighted by Crippen LogP contribution is -1.96. The summed E-state index contributed by atoms with van der Waals surface area (Å²) in [5.41, 5.74) is 1.83. The fourth-order valence-electron chi connectivity index (χ4n) is 1.83. The Morgan fingerprint density at radius 2 is 1.83 bits per heavy atom. The van der Waals surface area contributed by atoms with E-state index < -0.39 is 0 Å². The highest BCUT2D eigenvalue weighted by atomic mass is 35.5. The smallest absolute Gasteiger partial charge is 0.160 e. The molecular formula is C13H10ClN3O. The minimum atomic E-state index is 0.257. The fourth-order valence-corrected chi connectivity index (χ4v) is 1.99. The van der Waals surface area contributed by atoms with Crippen LogP contribution < -0.4 is 0 Å². The molecule has 2 heterocycles. The Morgan fingerprint density at radius 3 is 2.61 bits per heavy atom. The minimum Gasteiger partial charge on any atom is -0.508 e. The second-order valence-electron chi connectivity index (χ2n) is 4.03. The first-order chi connectivity index (χ1) is 8.72. The lowest BCUT2D eigenvalue weighted by Gasteiger charge is -2.01. The molecule has 18 heavy (non-hydrogen) atoms. The van der Waals surface area contributed by atoms with Gasteiger partial charge in [-0.1, -0.05) is 23.7 Å². The van der Waals surface area contributed by atoms with E-state index in [9.17, 15) is 5.11 Å². The van der Waals surface area contributed by atoms with Gasteiger partial charge in [-0.2, -0.15) is 0 Å². The Morgan fingerprint density at radius 1 is 1.06 bits per heavy atom. The van der Waals surface area contributed by atoms with Crippen LogP contribution in [0.25, 0.3) is 5.65 Å². The van der Waals surface area contributed by atoms with Gasteiger partial charge in [-0.3, -0.25) is 4.40 Å². The van der Waals surface area contributed by atoms with E-state index in [1.54, 1.807) is 24.4 Å². The molecule has 0 bridgehead atoms. The number of hydrogen-bond acceptors (Lipinski definition) is 3. The van der Waals surface area contributed by atoms with Crippen molar-refractivity contribution in [1.82, 2.24) is 14.6 Å². The second kappa shape index (κ2) is 4.31. The van der Waals surface area contributed by atoms with E-state index in [0.717, 1.165) is 17.0 Å². The van der Waals surface area contributed by atoms with Gasteiger partial charge in [-0.15, -0.1) is 10.2 Å². The predicted molar refractivity (Wildman–Crippen MR) is 68.9 cm³/mol. The molecule has 0 aliphatic rings. The normalized spacial score (nSPS) is 10.9. The van der Waals surface area contributed by atoms with Crippen molar-refractivity contribution >= 4 is 17.2 Å². The van der Waals surface area contributed by atoms with Crippen molar-refractivity contribution in [3.63, 3.8) is 0 Å². The number of aromatic hydroxyl groups is 1. The molecule has 3 rings (SSSR count). The van der Waals surface area contributed by atoms with Crippen LogP contribution in [0.2, 0.25) is 5.02 Å². The van der Waals surface area contributed by atoms with Crippen LogP contribution in [0.15, 0.2) is 42.6 Å². The topological polar surface area (TPSA) is 50.4 Å². The molecule has 5 heteroatoms. The number of hydrogen-bond donors (Lipinski definition) is 1. The van der Waals surface area contributed by atoms with E-state index in [0.29, 0.717) is 11.4 Å². The lowest BCUT2D eigenvalue weighted by molar-refractivity contribution is 0.475. The zero-order valence-corrected chi connectivity index (χ0v) is 10.2. The molecular weight excluding hydrogens is 250 g/mol. The molecule has 2 aromatic heterocycles. The quantitative estimate of drug-likeness (QED) is 0.770. The molecule has 3 aromatic rings. The van der Waals surface area contributed by atoms with Crippen LogP contribution in [0.1, 0.15) is 11.4 Å². The number of nitrogens with zero attached hydrogens (tertiary/aromatic N) is 3. The van der Waals surface area contributed by atoms with Gasteiger partial charge in [0.15, 0.2) is 5.65 Å². The Balaban J connectivity index is 1.99. The van der Waals surface area contributed by atoms with Crippen molar-refractivity contribution in [3.05, 3.63) is 59.0 Å². The summed E-state index contributed by atoms with van der Waals surface area (Å²) < 4.78 is 1.87. The van der Waals surface area contributed by atoms with Crippen molar-refractivity contribution in [1.29, 1.82) is 0 Å². The van der Waals surface area contributed by atoms with Gasteiger partial charge in [-0.25, -0.2) is 0 Å². The Labute approximate surface area is 108 Å². The molecule has 0 radical (unpaired) electrons. The lowest BCUT2D eigenvalue weighted by atomic mass is 10.1. The van der Waals surface area contributed by atoms with Crippen LogP contribution in [-0.2, 0) is 6.42 Å². The summed E-state index contributed by atoms with van der Waals surface area (Å²) in [5, 5.41) is 18.1. The third-order valence-electron chi connectivity index (χ3n) is 2.74. The SMILES string of the molecule is Oc1ccc(Cc2nnc3ccc(Cl)cn23)cc1. The zero-order valence-electron chi connectivity index (χ0n) is 9.42. The molecule has 1 aromatic carbocycles. The van der Waals surface area contributed by atoms with Gasteiger partial charge in [0, 0.05) is 12.6 Å². The van der Waals surface area contributed by atoms with Crippen molar-refractivity contribution in [2.75, 3.05) is 0 Å². The number of phenolic OH excluding ortho intramolecular Hbond substituents is 1. The number of aromatic nitrogens is 3. The molecule has 4 nitrogen and oxygen atoms in total. The van der Waals surface area contributed by atoms with Crippen LogP contribution in [0.5, 0.6) is 5.75 Å². The van der Waals surface area contributed by atoms with Crippen LogP contribution >= 0.6 is 11.6 Å². The third-order valence-corrected chi connectivity index (χ3v) is 2.96. The second-order valence-corrected chi connectivity index (χ2v) is 4.47. The van der Waals surface area contributed by atoms with Gasteiger partial charge >= 0.3 is 0 Å². The number of halogens is 1. The predicted octanol–water partition coefficient (Wildman–Crippen LogP) is 2.68. The maximum atomic E-state index is 9.24. The molecule has 90 valence electrons. The van der Waals surface area contributed by atoms with Gasteiger partial charge in [0.25, 0.3) is 0 Å². The van der Waals surface area contributed by atoms with Gasteiger partial charge in [0.2, 0.25) is 0 Å². The van der Waals surface area contributed by atoms with Crippen LogP contribution in [0, 0.1) is 0 Å². The van der Waals surface area contributed by atoms with E-state index in [1.165, 1.54) is 0 Å². The van der Waals surface area contributed by atoms with E-state index in [-0.39, 0.29) is 5.75 Å². The summed E-state index contributed by atoms with van der Waals surface area (Å²) in [5.74, 6) is 1.08. The first-order valence-electron chi connectivity index (χ1n) is 5.49. The third kappa shape index (κ3) is 2.02. The Bertz CT molecular complexity index is 691. The largest absolute Gasteiger partial charge is 0.508 e. The molecule has 0 fully saturated rings. The number of phenols is 1. The maximum Gasteiger partial charge on any atom is 0.160 e. The van der Waals surface area contributed by atoms with E-state index >= 15 is 0 Å². The molecule has 0 aliphatic heterocycles. The van der Waals surface area contributed by atoms with Crippen LogP contribution in [0.3, 0.4) is 0 Å². The van der Waals surface area contributed by atoms with Gasteiger partial charge in [0.05, 0.1) is 5.02 Å². The standard InChI is InChI=1S/C13H10ClN3O/c14-10-3-6-12-15-16-13(17(12)8-10)7-9-1-4-11(18)5-2-9/h1-6,8,18H,7H2. The minimum absolute atomic E-state index is 0.257. The first kappa shape index (κ1) is 11.0. The Hall–Kier alpha value is -2.07. The fraction of sp³-hybridized carbons (Fsp3) is 0.0769. The van der Waals surface area contributed by atoms with Crippen molar-refractivity contribution in [2.24, 2.45) is 0 Å². The number of pyridine rings is 1. The summed E-state index contributed by atoms with van der Waals surface area (Å²) >= 11 is 5.96. The van der Waals surface area contributed by atoms with Crippen molar-refractivity contribution < 1.29 is 5.11 Å². The summed E-state index contributed by atoms with van der Waals surface area (Å²) in [4.78, 5) is 0. The molecule has 0 aliphatic carbocycles. The van der Waals surface area contributed by atoms with E-state index in [4.69, 9.17) is 11.6 Å². The number of fused-ring (bicyclic) bond motifs is 1. The summed E-state index contributed by atoms with van der Waals surface area (Å²) in [7, 11) is 0. The van der Waals surface area contributed by atoms with Crippen LogP contribution in [0.4, 0.5) is 0 Å². The molecule has 0 atom stereocenters. The zero-order chi connectivity index (χ0) is 12.5. The molecule has 0 saturated carbocycles. The van der Waals surface area contributed by atoms with Crippen molar-refractivity contribution in [3.8, 4) is 5.75 Å². The summed E-state index contributed by atoms with van der Waals surface area (Å²) in [6.07, 6.45) is 2.44. The maximum absolute atomic E-state index is 9.24. The molecule has 0 saturated heterocycles. The average molecular weight is 260 g/mol. The average Bonchev–Trinajstić information content (AvgIpc) is 2.75. The highest BCUT2D eigenvalue weighted by molar-refractivity contribution is 6.30. The van der Waals surface area contributed by atoms with Gasteiger partial charge in [0.1, 0.15) is 11.6 Å². The molecule has 0 amide bonds. The number of benzene rings is 1. The van der Waals surface area contributed by atoms with Crippen LogP contribution in [-0.4, -0.2) is 19.7 Å². The van der Waals surface area contributed by atoms with Crippen molar-refractivity contribution in [2.45, 2.75) is 6.42 Å². The number of rotatable bonds is 2. The Kier molecular flexibility index (Phi) is 2.64. The highest BCUT2D eigenvalue weighted by Crippen LogP contribution is 2.15. The molecule has 1 N–H and O–H groups in total. The summed E-state index contributed by atoms with van der Waals surface area (Å²) in [6, 6.07) is 10.7. The highest BCUT2D eigenvalue weighted by Gasteiger charge is 2.06. The van der Waals surface area contributed by atoms with Gasteiger partial charge in [-0.05, 0) is 29.8 Å². The summed E-state index contributed by atoms with van der Waals surface area (Å²) in [6.45, 7) is 0. The molecule has 0 unspecified atom stereocenters. The molecule has 0 spiro atoms. The van der Waals surface area contributed by atoms with E-state index in [1.807, 2.05) is 22.6 Å².